The molecule has 0 aliphatic carbocycles. The molecule has 0 aliphatic heterocycles. The largest absolute Gasteiger partial charge is 0.481 e. The Morgan fingerprint density at radius 1 is 1.31 bits per heavy atom. The van der Waals surface area contributed by atoms with Gasteiger partial charge in [0.05, 0.1) is 6.42 Å². The van der Waals surface area contributed by atoms with Crippen molar-refractivity contribution >= 4 is 22.8 Å². The van der Waals surface area contributed by atoms with Gasteiger partial charge in [0.1, 0.15) is 0 Å². The van der Waals surface area contributed by atoms with Gasteiger partial charge in [0.2, 0.25) is 0 Å². The summed E-state index contributed by atoms with van der Waals surface area (Å²) >= 11 is 0. The molecule has 0 fully saturated rings. The molecule has 1 aromatic heterocycles. The van der Waals surface area contributed by atoms with Crippen LogP contribution in [0.25, 0.3) is 16.8 Å². The summed E-state index contributed by atoms with van der Waals surface area (Å²) in [6.45, 7) is 0. The van der Waals surface area contributed by atoms with Crippen molar-refractivity contribution in [2.75, 3.05) is 0 Å². The Bertz CT molecular complexity index is 546. The Kier molecular flexibility index (Phi) is 2.96. The summed E-state index contributed by atoms with van der Waals surface area (Å²) in [5.74, 6) is -0.818. The summed E-state index contributed by atoms with van der Waals surface area (Å²) in [4.78, 5) is 14.4. The normalized spacial score (nSPS) is 11.0. The number of carboxylic acids is 1. The van der Waals surface area contributed by atoms with Gasteiger partial charge in [-0.2, -0.15) is 0 Å². The van der Waals surface area contributed by atoms with E-state index in [1.54, 1.807) is 18.5 Å². The number of aliphatic carboxylic acids is 1. The molecule has 1 N–H and O–H groups in total. The van der Waals surface area contributed by atoms with Gasteiger partial charge in [0.15, 0.2) is 0 Å². The third-order valence-electron chi connectivity index (χ3n) is 2.27. The van der Waals surface area contributed by atoms with E-state index in [4.69, 9.17) is 5.11 Å². The van der Waals surface area contributed by atoms with Crippen molar-refractivity contribution in [3.63, 3.8) is 0 Å². The summed E-state index contributed by atoms with van der Waals surface area (Å²) < 4.78 is 0. The number of nitrogens with zero attached hydrogens (tertiary/aromatic N) is 1. The van der Waals surface area contributed by atoms with E-state index in [0.717, 1.165) is 16.3 Å². The second-order valence-corrected chi connectivity index (χ2v) is 3.48. The maximum Gasteiger partial charge on any atom is 0.307 e. The highest BCUT2D eigenvalue weighted by molar-refractivity contribution is 5.84. The minimum absolute atomic E-state index is 0.0500. The Morgan fingerprint density at radius 2 is 2.19 bits per heavy atom. The Balaban J connectivity index is 2.26. The third-order valence-corrected chi connectivity index (χ3v) is 2.27. The maximum absolute atomic E-state index is 10.3. The summed E-state index contributed by atoms with van der Waals surface area (Å²) in [5.41, 5.74) is 1.000. The first-order valence-electron chi connectivity index (χ1n) is 4.98. The number of carbonyl (C=O) groups is 1. The van der Waals surface area contributed by atoms with Crippen molar-refractivity contribution in [1.82, 2.24) is 4.98 Å². The predicted molar refractivity (Wildman–Crippen MR) is 63.0 cm³/mol. The van der Waals surface area contributed by atoms with E-state index < -0.39 is 5.97 Å². The lowest BCUT2D eigenvalue weighted by atomic mass is 10.1. The molecule has 0 saturated carbocycles. The van der Waals surface area contributed by atoms with Gasteiger partial charge in [0.25, 0.3) is 0 Å². The molecule has 0 unspecified atom stereocenters. The summed E-state index contributed by atoms with van der Waals surface area (Å²) in [6, 6.07) is 7.87. The molecule has 0 radical (unpaired) electrons. The molecule has 0 amide bonds. The maximum atomic E-state index is 10.3. The van der Waals surface area contributed by atoms with Crippen LogP contribution in [0, 0.1) is 0 Å². The van der Waals surface area contributed by atoms with Gasteiger partial charge < -0.3 is 5.11 Å². The highest BCUT2D eigenvalue weighted by atomic mass is 16.4. The topological polar surface area (TPSA) is 50.2 Å². The van der Waals surface area contributed by atoms with Crippen molar-refractivity contribution < 1.29 is 9.90 Å². The molecular weight excluding hydrogens is 202 g/mol. The first-order valence-corrected chi connectivity index (χ1v) is 4.98. The van der Waals surface area contributed by atoms with Gasteiger partial charge in [0, 0.05) is 17.8 Å². The van der Waals surface area contributed by atoms with Crippen LogP contribution in [0.2, 0.25) is 0 Å². The average molecular weight is 213 g/mol. The van der Waals surface area contributed by atoms with Crippen molar-refractivity contribution in [2.24, 2.45) is 0 Å². The lowest BCUT2D eigenvalue weighted by Gasteiger charge is -1.98. The van der Waals surface area contributed by atoms with Crippen molar-refractivity contribution in [3.8, 4) is 0 Å². The van der Waals surface area contributed by atoms with Gasteiger partial charge in [-0.1, -0.05) is 24.3 Å². The number of benzene rings is 1. The predicted octanol–water partition coefficient (Wildman–Crippen LogP) is 2.72. The molecule has 0 spiro atoms. The van der Waals surface area contributed by atoms with Crippen molar-refractivity contribution in [2.45, 2.75) is 6.42 Å². The van der Waals surface area contributed by atoms with E-state index in [9.17, 15) is 4.79 Å². The number of carboxylic acid groups (broad SMARTS) is 1. The highest BCUT2D eigenvalue weighted by Crippen LogP contribution is 2.15. The molecule has 16 heavy (non-hydrogen) atoms. The lowest BCUT2D eigenvalue weighted by molar-refractivity contribution is -0.135. The average Bonchev–Trinajstić information content (AvgIpc) is 2.28. The molecule has 2 rings (SSSR count). The number of rotatable bonds is 3. The summed E-state index contributed by atoms with van der Waals surface area (Å²) in [7, 11) is 0. The monoisotopic (exact) mass is 213 g/mol. The highest BCUT2D eigenvalue weighted by Gasteiger charge is 1.94. The smallest absolute Gasteiger partial charge is 0.307 e. The zero-order chi connectivity index (χ0) is 11.4. The molecular formula is C13H11NO2. The standard InChI is InChI=1S/C13H11NO2/c15-13(16)3-1-2-10-4-5-12-9-14-7-6-11(12)8-10/h1-2,4-9H,3H2,(H,15,16). The van der Waals surface area contributed by atoms with Crippen LogP contribution in [-0.2, 0) is 4.79 Å². The Morgan fingerprint density at radius 3 is 3.00 bits per heavy atom. The number of aromatic nitrogens is 1. The number of hydrogen-bond acceptors (Lipinski definition) is 2. The molecule has 1 heterocycles. The van der Waals surface area contributed by atoms with Gasteiger partial charge in [-0.15, -0.1) is 0 Å². The molecule has 1 aromatic carbocycles. The van der Waals surface area contributed by atoms with Crippen LogP contribution in [0.15, 0.2) is 42.7 Å². The second kappa shape index (κ2) is 4.57. The van der Waals surface area contributed by atoms with Gasteiger partial charge in [-0.25, -0.2) is 0 Å². The quantitative estimate of drug-likeness (QED) is 0.852. The Hall–Kier alpha value is -2.16. The zero-order valence-electron chi connectivity index (χ0n) is 8.63. The summed E-state index contributed by atoms with van der Waals surface area (Å²) in [6.07, 6.45) is 7.06. The fourth-order valence-corrected chi connectivity index (χ4v) is 1.50. The molecule has 2 aromatic rings. The van der Waals surface area contributed by atoms with Crippen molar-refractivity contribution in [1.29, 1.82) is 0 Å². The number of pyridine rings is 1. The molecule has 80 valence electrons. The SMILES string of the molecule is O=C(O)CC=Cc1ccc2cnccc2c1. The van der Waals surface area contributed by atoms with E-state index in [-0.39, 0.29) is 6.42 Å². The van der Waals surface area contributed by atoms with E-state index >= 15 is 0 Å². The fourth-order valence-electron chi connectivity index (χ4n) is 1.50. The van der Waals surface area contributed by atoms with Gasteiger partial charge >= 0.3 is 5.97 Å². The molecule has 0 bridgehead atoms. The minimum Gasteiger partial charge on any atom is -0.481 e. The van der Waals surface area contributed by atoms with Crippen LogP contribution >= 0.6 is 0 Å². The molecule has 0 saturated heterocycles. The lowest BCUT2D eigenvalue weighted by Crippen LogP contribution is -1.89. The first-order chi connectivity index (χ1) is 7.75. The van der Waals surface area contributed by atoms with Gasteiger partial charge in [-0.05, 0) is 23.1 Å². The fraction of sp³-hybridized carbons (Fsp3) is 0.0769. The van der Waals surface area contributed by atoms with Crippen molar-refractivity contribution in [3.05, 3.63) is 48.3 Å². The third kappa shape index (κ3) is 2.45. The van der Waals surface area contributed by atoms with E-state index in [1.807, 2.05) is 30.3 Å². The minimum atomic E-state index is -0.818. The number of fused-ring (bicyclic) bond motifs is 1. The van der Waals surface area contributed by atoms with E-state index in [2.05, 4.69) is 4.98 Å². The molecule has 3 heteroatoms. The first kappa shape index (κ1) is 10.4. The molecule has 0 atom stereocenters. The van der Waals surface area contributed by atoms with Crippen LogP contribution in [0.5, 0.6) is 0 Å². The Labute approximate surface area is 93.1 Å². The van der Waals surface area contributed by atoms with Gasteiger partial charge in [-0.3, -0.25) is 9.78 Å². The van der Waals surface area contributed by atoms with Crippen LogP contribution in [0.3, 0.4) is 0 Å². The molecule has 3 nitrogen and oxygen atoms in total. The van der Waals surface area contributed by atoms with Crippen LogP contribution in [0.4, 0.5) is 0 Å². The van der Waals surface area contributed by atoms with Crippen LogP contribution in [-0.4, -0.2) is 16.1 Å². The summed E-state index contributed by atoms with van der Waals surface area (Å²) in [5, 5.41) is 10.7. The van der Waals surface area contributed by atoms with Crippen LogP contribution in [0.1, 0.15) is 12.0 Å². The molecule has 0 aliphatic rings. The zero-order valence-corrected chi connectivity index (χ0v) is 8.63. The number of hydrogen-bond donors (Lipinski definition) is 1. The second-order valence-electron chi connectivity index (χ2n) is 3.48. The van der Waals surface area contributed by atoms with Crippen LogP contribution < -0.4 is 0 Å². The van der Waals surface area contributed by atoms with E-state index in [1.165, 1.54) is 0 Å². The van der Waals surface area contributed by atoms with E-state index in [0.29, 0.717) is 0 Å².